The molecular weight excluding hydrogens is 246 g/mol. The Kier molecular flexibility index (Phi) is 5.04. The number of hydrogen-bond donors (Lipinski definition) is 1. The highest BCUT2D eigenvalue weighted by molar-refractivity contribution is 6.30. The lowest BCUT2D eigenvalue weighted by Crippen LogP contribution is -2.35. The van der Waals surface area contributed by atoms with Gasteiger partial charge in [0.1, 0.15) is 0 Å². The Labute approximate surface area is 115 Å². The van der Waals surface area contributed by atoms with Gasteiger partial charge < -0.3 is 10.0 Å². The second-order valence-electron chi connectivity index (χ2n) is 5.40. The molecule has 0 amide bonds. The van der Waals surface area contributed by atoms with Crippen molar-refractivity contribution >= 4 is 11.6 Å². The van der Waals surface area contributed by atoms with E-state index in [0.717, 1.165) is 29.5 Å². The molecule has 100 valence electrons. The van der Waals surface area contributed by atoms with Gasteiger partial charge in [-0.2, -0.15) is 0 Å². The molecule has 1 aromatic rings. The number of benzene rings is 1. The van der Waals surface area contributed by atoms with Crippen LogP contribution in [0.3, 0.4) is 0 Å². The third-order valence-corrected chi connectivity index (χ3v) is 3.97. The Morgan fingerprint density at radius 1 is 1.39 bits per heavy atom. The Hall–Kier alpha value is -0.570. The van der Waals surface area contributed by atoms with Gasteiger partial charge in [-0.25, -0.2) is 0 Å². The normalized spacial score (nSPS) is 22.9. The van der Waals surface area contributed by atoms with Crippen LogP contribution in [0, 0.1) is 5.92 Å². The molecule has 3 heteroatoms. The van der Waals surface area contributed by atoms with Gasteiger partial charge in [0.15, 0.2) is 0 Å². The summed E-state index contributed by atoms with van der Waals surface area (Å²) in [5.74, 6) is 0.798. The van der Waals surface area contributed by atoms with Gasteiger partial charge in [-0.1, -0.05) is 30.7 Å². The number of likely N-dealkylation sites (tertiary alicyclic amines) is 1. The first-order valence-electron chi connectivity index (χ1n) is 6.81. The lowest BCUT2D eigenvalue weighted by molar-refractivity contribution is 0.122. The molecule has 1 saturated heterocycles. The summed E-state index contributed by atoms with van der Waals surface area (Å²) in [5.41, 5.74) is 0.962. The van der Waals surface area contributed by atoms with E-state index in [2.05, 4.69) is 11.8 Å². The van der Waals surface area contributed by atoms with Crippen LogP contribution in [-0.2, 0) is 0 Å². The molecule has 0 saturated carbocycles. The summed E-state index contributed by atoms with van der Waals surface area (Å²) in [5, 5.41) is 10.9. The topological polar surface area (TPSA) is 23.5 Å². The maximum absolute atomic E-state index is 10.1. The summed E-state index contributed by atoms with van der Waals surface area (Å²) < 4.78 is 0. The number of halogens is 1. The van der Waals surface area contributed by atoms with Crippen LogP contribution >= 0.6 is 11.6 Å². The smallest absolute Gasteiger partial charge is 0.0802 e. The van der Waals surface area contributed by atoms with Crippen LogP contribution in [-0.4, -0.2) is 29.6 Å². The van der Waals surface area contributed by atoms with Crippen molar-refractivity contribution in [3.8, 4) is 0 Å². The molecule has 1 heterocycles. The van der Waals surface area contributed by atoms with Crippen molar-refractivity contribution < 1.29 is 5.11 Å². The van der Waals surface area contributed by atoms with Gasteiger partial charge in [0.25, 0.3) is 0 Å². The van der Waals surface area contributed by atoms with Gasteiger partial charge in [0.2, 0.25) is 0 Å². The van der Waals surface area contributed by atoms with Crippen molar-refractivity contribution in [2.75, 3.05) is 19.6 Å². The molecule has 0 spiro atoms. The molecule has 1 aliphatic heterocycles. The lowest BCUT2D eigenvalue weighted by Gasteiger charge is -2.31. The SMILES string of the molecule is CC1CCCN(CCC(O)c2ccc(Cl)cc2)C1. The van der Waals surface area contributed by atoms with E-state index in [0.29, 0.717) is 0 Å². The fourth-order valence-corrected chi connectivity index (χ4v) is 2.77. The molecule has 2 atom stereocenters. The molecule has 1 aliphatic rings. The minimum atomic E-state index is -0.375. The van der Waals surface area contributed by atoms with Gasteiger partial charge in [-0.05, 0) is 49.4 Å². The fraction of sp³-hybridized carbons (Fsp3) is 0.600. The van der Waals surface area contributed by atoms with Crippen molar-refractivity contribution in [3.63, 3.8) is 0 Å². The molecule has 2 rings (SSSR count). The zero-order chi connectivity index (χ0) is 13.0. The van der Waals surface area contributed by atoms with Crippen LogP contribution in [0.4, 0.5) is 0 Å². The van der Waals surface area contributed by atoms with E-state index in [1.807, 2.05) is 24.3 Å². The van der Waals surface area contributed by atoms with E-state index in [-0.39, 0.29) is 6.10 Å². The number of hydrogen-bond acceptors (Lipinski definition) is 2. The van der Waals surface area contributed by atoms with Crippen molar-refractivity contribution in [1.82, 2.24) is 4.90 Å². The van der Waals surface area contributed by atoms with Gasteiger partial charge in [0.05, 0.1) is 6.10 Å². The quantitative estimate of drug-likeness (QED) is 0.903. The maximum atomic E-state index is 10.1. The van der Waals surface area contributed by atoms with E-state index >= 15 is 0 Å². The van der Waals surface area contributed by atoms with Crippen LogP contribution in [0.2, 0.25) is 5.02 Å². The van der Waals surface area contributed by atoms with Gasteiger partial charge in [-0.15, -0.1) is 0 Å². The first-order chi connectivity index (χ1) is 8.65. The van der Waals surface area contributed by atoms with E-state index in [9.17, 15) is 5.11 Å². The van der Waals surface area contributed by atoms with Crippen LogP contribution in [0.5, 0.6) is 0 Å². The summed E-state index contributed by atoms with van der Waals surface area (Å²) in [6.07, 6.45) is 3.06. The summed E-state index contributed by atoms with van der Waals surface area (Å²) in [7, 11) is 0. The van der Waals surface area contributed by atoms with Crippen LogP contribution in [0.1, 0.15) is 37.9 Å². The fourth-order valence-electron chi connectivity index (χ4n) is 2.65. The predicted octanol–water partition coefficient (Wildman–Crippen LogP) is 3.50. The van der Waals surface area contributed by atoms with Crippen molar-refractivity contribution in [1.29, 1.82) is 0 Å². The Morgan fingerprint density at radius 2 is 2.11 bits per heavy atom. The Bertz CT molecular complexity index is 365. The average molecular weight is 268 g/mol. The zero-order valence-electron chi connectivity index (χ0n) is 11.0. The zero-order valence-corrected chi connectivity index (χ0v) is 11.7. The molecule has 1 fully saturated rings. The summed E-state index contributed by atoms with van der Waals surface area (Å²) >= 11 is 5.84. The molecule has 2 nitrogen and oxygen atoms in total. The highest BCUT2D eigenvalue weighted by Crippen LogP contribution is 2.21. The largest absolute Gasteiger partial charge is 0.388 e. The molecular formula is C15H22ClNO. The van der Waals surface area contributed by atoms with Crippen molar-refractivity contribution in [2.24, 2.45) is 5.92 Å². The number of piperidine rings is 1. The highest BCUT2D eigenvalue weighted by atomic mass is 35.5. The predicted molar refractivity (Wildman–Crippen MR) is 75.9 cm³/mol. The minimum absolute atomic E-state index is 0.375. The monoisotopic (exact) mass is 267 g/mol. The first kappa shape index (κ1) is 13.9. The molecule has 0 radical (unpaired) electrons. The lowest BCUT2D eigenvalue weighted by atomic mass is 9.99. The summed E-state index contributed by atoms with van der Waals surface area (Å²) in [4.78, 5) is 2.47. The van der Waals surface area contributed by atoms with Gasteiger partial charge in [-0.3, -0.25) is 0 Å². The number of aliphatic hydroxyl groups excluding tert-OH is 1. The maximum Gasteiger partial charge on any atom is 0.0802 e. The number of aliphatic hydroxyl groups is 1. The molecule has 1 aromatic carbocycles. The molecule has 2 unspecified atom stereocenters. The molecule has 0 aromatic heterocycles. The number of rotatable bonds is 4. The minimum Gasteiger partial charge on any atom is -0.388 e. The summed E-state index contributed by atoms with van der Waals surface area (Å²) in [6.45, 7) is 5.64. The van der Waals surface area contributed by atoms with E-state index in [4.69, 9.17) is 11.6 Å². The van der Waals surface area contributed by atoms with Crippen LogP contribution in [0.25, 0.3) is 0 Å². The standard InChI is InChI=1S/C15H22ClNO/c1-12-3-2-9-17(11-12)10-8-15(18)13-4-6-14(16)7-5-13/h4-7,12,15,18H,2-3,8-11H2,1H3. The van der Waals surface area contributed by atoms with Crippen LogP contribution < -0.4 is 0 Å². The second-order valence-corrected chi connectivity index (χ2v) is 5.84. The van der Waals surface area contributed by atoms with Crippen LogP contribution in [0.15, 0.2) is 24.3 Å². The summed E-state index contributed by atoms with van der Waals surface area (Å²) in [6, 6.07) is 7.49. The third-order valence-electron chi connectivity index (χ3n) is 3.71. The molecule has 1 N–H and O–H groups in total. The van der Waals surface area contributed by atoms with E-state index in [1.165, 1.54) is 25.9 Å². The van der Waals surface area contributed by atoms with Crippen molar-refractivity contribution in [3.05, 3.63) is 34.9 Å². The Morgan fingerprint density at radius 3 is 2.78 bits per heavy atom. The molecule has 0 bridgehead atoms. The number of nitrogens with zero attached hydrogens (tertiary/aromatic N) is 1. The van der Waals surface area contributed by atoms with E-state index < -0.39 is 0 Å². The van der Waals surface area contributed by atoms with Gasteiger partial charge >= 0.3 is 0 Å². The van der Waals surface area contributed by atoms with Crippen molar-refractivity contribution in [2.45, 2.75) is 32.3 Å². The first-order valence-corrected chi connectivity index (χ1v) is 7.19. The van der Waals surface area contributed by atoms with E-state index in [1.54, 1.807) is 0 Å². The van der Waals surface area contributed by atoms with Gasteiger partial charge in [0, 0.05) is 18.1 Å². The third kappa shape index (κ3) is 3.98. The average Bonchev–Trinajstić information content (AvgIpc) is 2.37. The molecule has 18 heavy (non-hydrogen) atoms. The highest BCUT2D eigenvalue weighted by Gasteiger charge is 2.17. The molecule has 0 aliphatic carbocycles. The Balaban J connectivity index is 1.80. The second kappa shape index (κ2) is 6.55.